The number of nitrogens with one attached hydrogen (secondary N) is 1. The highest BCUT2D eigenvalue weighted by molar-refractivity contribution is 7.99. The molecular weight excluding hydrogens is 246 g/mol. The lowest BCUT2D eigenvalue weighted by atomic mass is 10.1. The van der Waals surface area contributed by atoms with Crippen LogP contribution in [0.2, 0.25) is 0 Å². The van der Waals surface area contributed by atoms with Gasteiger partial charge in [-0.1, -0.05) is 6.92 Å². The monoisotopic (exact) mass is 271 g/mol. The summed E-state index contributed by atoms with van der Waals surface area (Å²) in [4.78, 5) is 16.8. The zero-order chi connectivity index (χ0) is 13.0. The molecule has 104 valence electrons. The zero-order valence-electron chi connectivity index (χ0n) is 11.5. The molecule has 2 atom stereocenters. The molecule has 0 aromatic heterocycles. The Labute approximate surface area is 114 Å². The smallest absolute Gasteiger partial charge is 0.224 e. The summed E-state index contributed by atoms with van der Waals surface area (Å²) in [6, 6.07) is 0.886. The van der Waals surface area contributed by atoms with E-state index in [1.807, 2.05) is 11.8 Å². The summed E-state index contributed by atoms with van der Waals surface area (Å²) >= 11 is 1.95. The van der Waals surface area contributed by atoms with Crippen molar-refractivity contribution in [1.82, 2.24) is 15.1 Å². The van der Waals surface area contributed by atoms with Crippen molar-refractivity contribution in [2.45, 2.75) is 32.4 Å². The molecule has 2 unspecified atom stereocenters. The van der Waals surface area contributed by atoms with Crippen molar-refractivity contribution in [1.29, 1.82) is 0 Å². The molecule has 2 fully saturated rings. The highest BCUT2D eigenvalue weighted by Crippen LogP contribution is 2.14. The van der Waals surface area contributed by atoms with Crippen molar-refractivity contribution in [3.63, 3.8) is 0 Å². The topological polar surface area (TPSA) is 35.6 Å². The van der Waals surface area contributed by atoms with Gasteiger partial charge in [0.2, 0.25) is 5.91 Å². The van der Waals surface area contributed by atoms with E-state index >= 15 is 0 Å². The Balaban J connectivity index is 1.79. The van der Waals surface area contributed by atoms with Crippen LogP contribution in [0.1, 0.15) is 20.3 Å². The molecule has 2 rings (SSSR count). The van der Waals surface area contributed by atoms with Crippen LogP contribution in [0, 0.1) is 0 Å². The van der Waals surface area contributed by atoms with Gasteiger partial charge in [-0.3, -0.25) is 9.69 Å². The van der Waals surface area contributed by atoms with Gasteiger partial charge in [0.1, 0.15) is 0 Å². The minimum atomic E-state index is 0.331. The third-order valence-electron chi connectivity index (χ3n) is 3.94. The minimum absolute atomic E-state index is 0.331. The quantitative estimate of drug-likeness (QED) is 0.817. The van der Waals surface area contributed by atoms with E-state index in [0.717, 1.165) is 38.5 Å². The van der Waals surface area contributed by atoms with Crippen molar-refractivity contribution >= 4 is 17.7 Å². The van der Waals surface area contributed by atoms with Crippen molar-refractivity contribution in [3.05, 3.63) is 0 Å². The Hall–Kier alpha value is -0.260. The SMILES string of the molecule is CCN1CCN(C(=O)CC2CSCCN2)CC1C. The standard InChI is InChI=1S/C13H25N3OS/c1-3-15-5-6-16(9-11(15)2)13(17)8-12-10-18-7-4-14-12/h11-12,14H,3-10H2,1-2H3. The average Bonchev–Trinajstić information content (AvgIpc) is 2.39. The van der Waals surface area contributed by atoms with E-state index in [9.17, 15) is 4.79 Å². The largest absolute Gasteiger partial charge is 0.340 e. The highest BCUT2D eigenvalue weighted by Gasteiger charge is 2.27. The fourth-order valence-electron chi connectivity index (χ4n) is 2.78. The van der Waals surface area contributed by atoms with Crippen LogP contribution in [0.25, 0.3) is 0 Å². The first kappa shape index (κ1) is 14.2. The van der Waals surface area contributed by atoms with E-state index in [0.29, 0.717) is 24.4 Å². The molecule has 0 spiro atoms. The summed E-state index contributed by atoms with van der Waals surface area (Å²) in [7, 11) is 0. The second kappa shape index (κ2) is 6.78. The summed E-state index contributed by atoms with van der Waals surface area (Å²) in [5.74, 6) is 2.59. The Morgan fingerprint density at radius 2 is 2.28 bits per heavy atom. The van der Waals surface area contributed by atoms with Crippen LogP contribution in [0.15, 0.2) is 0 Å². The van der Waals surface area contributed by atoms with Gasteiger partial charge in [-0.2, -0.15) is 11.8 Å². The van der Waals surface area contributed by atoms with Crippen molar-refractivity contribution < 1.29 is 4.79 Å². The van der Waals surface area contributed by atoms with E-state index < -0.39 is 0 Å². The van der Waals surface area contributed by atoms with E-state index in [4.69, 9.17) is 0 Å². The Kier molecular flexibility index (Phi) is 5.33. The number of hydrogen-bond acceptors (Lipinski definition) is 4. The van der Waals surface area contributed by atoms with Crippen LogP contribution in [0.5, 0.6) is 0 Å². The average molecular weight is 271 g/mol. The van der Waals surface area contributed by atoms with E-state index in [2.05, 4.69) is 29.0 Å². The zero-order valence-corrected chi connectivity index (χ0v) is 12.3. The van der Waals surface area contributed by atoms with Crippen LogP contribution >= 0.6 is 11.8 Å². The first-order chi connectivity index (χ1) is 8.70. The first-order valence-corrected chi connectivity index (χ1v) is 8.19. The first-order valence-electron chi connectivity index (χ1n) is 7.03. The van der Waals surface area contributed by atoms with Gasteiger partial charge in [0, 0.05) is 56.2 Å². The summed E-state index contributed by atoms with van der Waals surface area (Å²) in [5, 5.41) is 3.44. The molecule has 4 nitrogen and oxygen atoms in total. The van der Waals surface area contributed by atoms with Gasteiger partial charge in [-0.25, -0.2) is 0 Å². The second-order valence-corrected chi connectivity index (χ2v) is 6.40. The minimum Gasteiger partial charge on any atom is -0.340 e. The van der Waals surface area contributed by atoms with Crippen molar-refractivity contribution in [2.75, 3.05) is 44.2 Å². The van der Waals surface area contributed by atoms with Gasteiger partial charge in [-0.05, 0) is 13.5 Å². The molecule has 0 aromatic carbocycles. The number of thioether (sulfide) groups is 1. The Morgan fingerprint density at radius 3 is 2.89 bits per heavy atom. The number of nitrogens with zero attached hydrogens (tertiary/aromatic N) is 2. The summed E-state index contributed by atoms with van der Waals surface area (Å²) in [5.41, 5.74) is 0. The van der Waals surface area contributed by atoms with Gasteiger partial charge in [0.05, 0.1) is 0 Å². The second-order valence-electron chi connectivity index (χ2n) is 5.25. The summed E-state index contributed by atoms with van der Waals surface area (Å²) in [6.07, 6.45) is 0.672. The summed E-state index contributed by atoms with van der Waals surface area (Å²) < 4.78 is 0. The number of hydrogen-bond donors (Lipinski definition) is 1. The number of piperazine rings is 1. The van der Waals surface area contributed by atoms with Crippen LogP contribution < -0.4 is 5.32 Å². The number of amides is 1. The molecule has 5 heteroatoms. The maximum atomic E-state index is 12.3. The van der Waals surface area contributed by atoms with Crippen LogP contribution in [-0.4, -0.2) is 72.0 Å². The van der Waals surface area contributed by atoms with Gasteiger partial charge < -0.3 is 10.2 Å². The van der Waals surface area contributed by atoms with Crippen molar-refractivity contribution in [3.8, 4) is 0 Å². The third-order valence-corrected chi connectivity index (χ3v) is 5.07. The molecule has 1 N–H and O–H groups in total. The lowest BCUT2D eigenvalue weighted by molar-refractivity contribution is -0.134. The molecule has 1 amide bonds. The molecule has 18 heavy (non-hydrogen) atoms. The molecule has 0 aromatic rings. The lowest BCUT2D eigenvalue weighted by Crippen LogP contribution is -2.54. The van der Waals surface area contributed by atoms with Gasteiger partial charge >= 0.3 is 0 Å². The molecule has 0 bridgehead atoms. The third kappa shape index (κ3) is 3.62. The fraction of sp³-hybridized carbons (Fsp3) is 0.923. The number of rotatable bonds is 3. The van der Waals surface area contributed by atoms with E-state index in [-0.39, 0.29) is 0 Å². The maximum Gasteiger partial charge on any atom is 0.224 e. The fourth-order valence-corrected chi connectivity index (χ4v) is 3.73. The van der Waals surface area contributed by atoms with E-state index in [1.165, 1.54) is 5.75 Å². The van der Waals surface area contributed by atoms with Crippen molar-refractivity contribution in [2.24, 2.45) is 0 Å². The maximum absolute atomic E-state index is 12.3. The van der Waals surface area contributed by atoms with E-state index in [1.54, 1.807) is 0 Å². The Morgan fingerprint density at radius 1 is 1.44 bits per heavy atom. The molecular formula is C13H25N3OS. The van der Waals surface area contributed by atoms with Gasteiger partial charge in [0.15, 0.2) is 0 Å². The molecule has 2 aliphatic heterocycles. The molecule has 2 heterocycles. The Bertz CT molecular complexity index is 281. The summed E-state index contributed by atoms with van der Waals surface area (Å²) in [6.45, 7) is 9.36. The van der Waals surface area contributed by atoms with Crippen LogP contribution in [0.4, 0.5) is 0 Å². The lowest BCUT2D eigenvalue weighted by Gasteiger charge is -2.40. The molecule has 0 saturated carbocycles. The molecule has 0 aliphatic carbocycles. The number of carbonyl (C=O) groups is 1. The van der Waals surface area contributed by atoms with Gasteiger partial charge in [-0.15, -0.1) is 0 Å². The normalized spacial score (nSPS) is 30.4. The predicted molar refractivity (Wildman–Crippen MR) is 77.0 cm³/mol. The number of likely N-dealkylation sites (N-methyl/N-ethyl adjacent to an activating group) is 1. The molecule has 2 aliphatic rings. The molecule has 2 saturated heterocycles. The van der Waals surface area contributed by atoms with Gasteiger partial charge in [0.25, 0.3) is 0 Å². The number of carbonyl (C=O) groups excluding carboxylic acids is 1. The molecule has 0 radical (unpaired) electrons. The van der Waals surface area contributed by atoms with Crippen LogP contribution in [0.3, 0.4) is 0 Å². The highest BCUT2D eigenvalue weighted by atomic mass is 32.2. The predicted octanol–water partition coefficient (Wildman–Crippen LogP) is 0.634. The van der Waals surface area contributed by atoms with Crippen LogP contribution in [-0.2, 0) is 4.79 Å².